The Balaban J connectivity index is 1.93. The van der Waals surface area contributed by atoms with E-state index in [1.165, 1.54) is 13.3 Å². The first-order valence-electron chi connectivity index (χ1n) is 6.79. The molecule has 5 heteroatoms. The number of nitrogens with zero attached hydrogens (tertiary/aromatic N) is 1. The van der Waals surface area contributed by atoms with Crippen molar-refractivity contribution < 1.29 is 14.3 Å². The Morgan fingerprint density at radius 2 is 1.95 bits per heavy atom. The van der Waals surface area contributed by atoms with Crippen molar-refractivity contribution in [2.24, 2.45) is 0 Å². The highest BCUT2D eigenvalue weighted by Crippen LogP contribution is 2.25. The second-order valence-electron chi connectivity index (χ2n) is 4.93. The molecule has 0 unspecified atom stereocenters. The van der Waals surface area contributed by atoms with Crippen LogP contribution in [0, 0.1) is 0 Å². The molecule has 0 spiro atoms. The Bertz CT molecular complexity index is 510. The second kappa shape index (κ2) is 6.75. The predicted molar refractivity (Wildman–Crippen MR) is 77.4 cm³/mol. The lowest BCUT2D eigenvalue weighted by Gasteiger charge is -2.26. The Morgan fingerprint density at radius 3 is 2.55 bits per heavy atom. The predicted octanol–water partition coefficient (Wildman–Crippen LogP) is 2.93. The summed E-state index contributed by atoms with van der Waals surface area (Å²) in [7, 11) is 0. The summed E-state index contributed by atoms with van der Waals surface area (Å²) in [5.74, 6) is 0.362. The van der Waals surface area contributed by atoms with Crippen molar-refractivity contribution in [2.45, 2.75) is 26.2 Å². The highest BCUT2D eigenvalue weighted by Gasteiger charge is 2.17. The normalized spacial score (nSPS) is 15.0. The molecule has 0 aliphatic carbocycles. The fraction of sp³-hybridized carbons (Fsp3) is 0.467. The van der Waals surface area contributed by atoms with Gasteiger partial charge in [0.05, 0.1) is 5.02 Å². The number of piperidine rings is 1. The summed E-state index contributed by atoms with van der Waals surface area (Å²) in [6.45, 7) is 3.07. The van der Waals surface area contributed by atoms with Gasteiger partial charge >= 0.3 is 0 Å². The molecule has 1 aromatic carbocycles. The minimum Gasteiger partial charge on any atom is -0.482 e. The molecule has 2 rings (SSSR count). The number of carbonyl (C=O) groups excluding carboxylic acids is 2. The van der Waals surface area contributed by atoms with Gasteiger partial charge in [0.2, 0.25) is 0 Å². The average molecular weight is 296 g/mol. The van der Waals surface area contributed by atoms with Gasteiger partial charge < -0.3 is 9.64 Å². The van der Waals surface area contributed by atoms with E-state index in [0.717, 1.165) is 25.9 Å². The van der Waals surface area contributed by atoms with E-state index in [1.807, 2.05) is 4.90 Å². The second-order valence-corrected chi connectivity index (χ2v) is 5.34. The molecule has 4 nitrogen and oxygen atoms in total. The summed E-state index contributed by atoms with van der Waals surface area (Å²) in [4.78, 5) is 25.0. The summed E-state index contributed by atoms with van der Waals surface area (Å²) in [5, 5.41) is 0.351. The van der Waals surface area contributed by atoms with E-state index >= 15 is 0 Å². The van der Waals surface area contributed by atoms with Gasteiger partial charge in [0.1, 0.15) is 5.75 Å². The molecular weight excluding hydrogens is 278 g/mol. The molecule has 108 valence electrons. The number of halogens is 1. The maximum Gasteiger partial charge on any atom is 0.260 e. The molecule has 1 aliphatic rings. The van der Waals surface area contributed by atoms with Crippen LogP contribution in [0.4, 0.5) is 0 Å². The maximum atomic E-state index is 12.0. The third-order valence-electron chi connectivity index (χ3n) is 3.40. The summed E-state index contributed by atoms with van der Waals surface area (Å²) in [6, 6.07) is 4.84. The first-order chi connectivity index (χ1) is 9.58. The fourth-order valence-electron chi connectivity index (χ4n) is 2.21. The van der Waals surface area contributed by atoms with Crippen LogP contribution in [0.25, 0.3) is 0 Å². The average Bonchev–Trinajstić information content (AvgIpc) is 2.46. The molecular formula is C15H18ClNO3. The van der Waals surface area contributed by atoms with Gasteiger partial charge in [-0.05, 0) is 44.4 Å². The van der Waals surface area contributed by atoms with Gasteiger partial charge in [-0.1, -0.05) is 11.6 Å². The third-order valence-corrected chi connectivity index (χ3v) is 3.69. The molecule has 1 amide bonds. The minimum absolute atomic E-state index is 0.0147. The Kier molecular flexibility index (Phi) is 5.01. The van der Waals surface area contributed by atoms with Crippen molar-refractivity contribution in [3.05, 3.63) is 28.8 Å². The van der Waals surface area contributed by atoms with E-state index in [-0.39, 0.29) is 18.3 Å². The molecule has 0 aromatic heterocycles. The van der Waals surface area contributed by atoms with Gasteiger partial charge in [-0.2, -0.15) is 0 Å². The molecule has 1 saturated heterocycles. The van der Waals surface area contributed by atoms with Gasteiger partial charge in [-0.15, -0.1) is 0 Å². The first-order valence-corrected chi connectivity index (χ1v) is 7.17. The number of Topliss-reactive ketones (excluding diaryl/α,β-unsaturated/α-hetero) is 1. The Labute approximate surface area is 123 Å². The summed E-state index contributed by atoms with van der Waals surface area (Å²) in [6.07, 6.45) is 3.29. The number of hydrogen-bond donors (Lipinski definition) is 0. The number of likely N-dealkylation sites (tertiary alicyclic amines) is 1. The van der Waals surface area contributed by atoms with Gasteiger partial charge in [-0.25, -0.2) is 0 Å². The first kappa shape index (κ1) is 14.9. The molecule has 0 radical (unpaired) electrons. The lowest BCUT2D eigenvalue weighted by molar-refractivity contribution is -0.134. The van der Waals surface area contributed by atoms with Crippen molar-refractivity contribution in [2.75, 3.05) is 19.7 Å². The zero-order chi connectivity index (χ0) is 14.5. The molecule has 0 N–H and O–H groups in total. The van der Waals surface area contributed by atoms with E-state index in [2.05, 4.69) is 0 Å². The van der Waals surface area contributed by atoms with Crippen molar-refractivity contribution in [1.82, 2.24) is 4.90 Å². The Hall–Kier alpha value is -1.55. The SMILES string of the molecule is CC(=O)c1ccc(OCC(=O)N2CCCCC2)c(Cl)c1. The van der Waals surface area contributed by atoms with Crippen LogP contribution in [-0.2, 0) is 4.79 Å². The van der Waals surface area contributed by atoms with E-state index in [4.69, 9.17) is 16.3 Å². The van der Waals surface area contributed by atoms with Crippen LogP contribution in [0.1, 0.15) is 36.5 Å². The quantitative estimate of drug-likeness (QED) is 0.802. The van der Waals surface area contributed by atoms with Crippen LogP contribution in [0.5, 0.6) is 5.75 Å². The monoisotopic (exact) mass is 295 g/mol. The van der Waals surface area contributed by atoms with Crippen molar-refractivity contribution in [1.29, 1.82) is 0 Å². The number of hydrogen-bond acceptors (Lipinski definition) is 3. The lowest BCUT2D eigenvalue weighted by Crippen LogP contribution is -2.38. The van der Waals surface area contributed by atoms with Crippen LogP contribution < -0.4 is 4.74 Å². The molecule has 1 fully saturated rings. The highest BCUT2D eigenvalue weighted by molar-refractivity contribution is 6.32. The molecule has 1 heterocycles. The van der Waals surface area contributed by atoms with Crippen LogP contribution in [-0.4, -0.2) is 36.3 Å². The number of carbonyl (C=O) groups is 2. The van der Waals surface area contributed by atoms with Crippen LogP contribution in [0.3, 0.4) is 0 Å². The number of ketones is 1. The van der Waals surface area contributed by atoms with Crippen molar-refractivity contribution >= 4 is 23.3 Å². The summed E-state index contributed by atoms with van der Waals surface area (Å²) in [5.41, 5.74) is 0.532. The zero-order valence-electron chi connectivity index (χ0n) is 11.5. The van der Waals surface area contributed by atoms with E-state index in [1.54, 1.807) is 18.2 Å². The number of benzene rings is 1. The number of rotatable bonds is 4. The summed E-state index contributed by atoms with van der Waals surface area (Å²) >= 11 is 6.04. The van der Waals surface area contributed by atoms with Gasteiger partial charge in [-0.3, -0.25) is 9.59 Å². The van der Waals surface area contributed by atoms with E-state index in [9.17, 15) is 9.59 Å². The van der Waals surface area contributed by atoms with Crippen molar-refractivity contribution in [3.8, 4) is 5.75 Å². The molecule has 1 aliphatic heterocycles. The topological polar surface area (TPSA) is 46.6 Å². The largest absolute Gasteiger partial charge is 0.482 e. The smallest absolute Gasteiger partial charge is 0.260 e. The van der Waals surface area contributed by atoms with Crippen LogP contribution >= 0.6 is 11.6 Å². The van der Waals surface area contributed by atoms with Gasteiger partial charge in [0, 0.05) is 18.7 Å². The van der Waals surface area contributed by atoms with E-state index in [0.29, 0.717) is 16.3 Å². The fourth-order valence-corrected chi connectivity index (χ4v) is 2.45. The Morgan fingerprint density at radius 1 is 1.25 bits per heavy atom. The zero-order valence-corrected chi connectivity index (χ0v) is 12.3. The molecule has 0 saturated carbocycles. The molecule has 20 heavy (non-hydrogen) atoms. The van der Waals surface area contributed by atoms with E-state index < -0.39 is 0 Å². The summed E-state index contributed by atoms with van der Waals surface area (Å²) < 4.78 is 5.45. The number of ether oxygens (including phenoxy) is 1. The maximum absolute atomic E-state index is 12.0. The lowest BCUT2D eigenvalue weighted by atomic mass is 10.1. The number of amides is 1. The van der Waals surface area contributed by atoms with Gasteiger partial charge in [0.15, 0.2) is 12.4 Å². The van der Waals surface area contributed by atoms with Crippen molar-refractivity contribution in [3.63, 3.8) is 0 Å². The standard InChI is InChI=1S/C15H18ClNO3/c1-11(18)12-5-6-14(13(16)9-12)20-10-15(19)17-7-3-2-4-8-17/h5-6,9H,2-4,7-8,10H2,1H3. The van der Waals surface area contributed by atoms with Crippen LogP contribution in [0.2, 0.25) is 5.02 Å². The highest BCUT2D eigenvalue weighted by atomic mass is 35.5. The van der Waals surface area contributed by atoms with Gasteiger partial charge in [0.25, 0.3) is 5.91 Å². The molecule has 0 bridgehead atoms. The molecule has 0 atom stereocenters. The minimum atomic E-state index is -0.0529. The molecule has 1 aromatic rings. The third kappa shape index (κ3) is 3.73. The van der Waals surface area contributed by atoms with Crippen LogP contribution in [0.15, 0.2) is 18.2 Å².